The Balaban J connectivity index is 2.42. The van der Waals surface area contributed by atoms with Crippen molar-refractivity contribution in [1.82, 2.24) is 4.57 Å². The highest BCUT2D eigenvalue weighted by atomic mass is 32.2. The van der Waals surface area contributed by atoms with E-state index in [4.69, 9.17) is 4.74 Å². The number of thiazole rings is 1. The van der Waals surface area contributed by atoms with Crippen molar-refractivity contribution in [3.05, 3.63) is 43.8 Å². The van der Waals surface area contributed by atoms with Gasteiger partial charge in [-0.05, 0) is 38.1 Å². The van der Waals surface area contributed by atoms with Gasteiger partial charge >= 0.3 is 5.97 Å². The van der Waals surface area contributed by atoms with Gasteiger partial charge in [0.15, 0.2) is 5.57 Å². The van der Waals surface area contributed by atoms with E-state index in [2.05, 4.69) is 10.0 Å². The van der Waals surface area contributed by atoms with E-state index in [9.17, 15) is 23.3 Å². The number of esters is 1. The number of sulfonamides is 1. The lowest BCUT2D eigenvalue weighted by Gasteiger charge is -2.05. The number of aromatic nitrogens is 1. The Labute approximate surface area is 171 Å². The normalized spacial score (nSPS) is 12.8. The molecule has 154 valence electrons. The van der Waals surface area contributed by atoms with Crippen LogP contribution in [0.4, 0.5) is 11.4 Å². The summed E-state index contributed by atoms with van der Waals surface area (Å²) in [6.45, 7) is 3.78. The van der Waals surface area contributed by atoms with Crippen LogP contribution in [0.25, 0.3) is 11.8 Å². The Morgan fingerprint density at radius 2 is 1.90 bits per heavy atom. The molecule has 2 aromatic rings. The van der Waals surface area contributed by atoms with Gasteiger partial charge in [0.1, 0.15) is 15.3 Å². The molecule has 0 amide bonds. The van der Waals surface area contributed by atoms with Crippen molar-refractivity contribution in [3.8, 4) is 6.07 Å². The van der Waals surface area contributed by atoms with Crippen LogP contribution in [-0.4, -0.2) is 31.8 Å². The van der Waals surface area contributed by atoms with Gasteiger partial charge in [-0.15, -0.1) is 11.3 Å². The summed E-state index contributed by atoms with van der Waals surface area (Å²) in [5, 5.41) is 12.3. The molecule has 0 radical (unpaired) electrons. The molecule has 0 aliphatic heterocycles. The number of hydrogen-bond donors (Lipinski definition) is 2. The third-order valence-corrected chi connectivity index (χ3v) is 5.32. The Morgan fingerprint density at radius 3 is 2.41 bits per heavy atom. The number of benzene rings is 1. The first-order valence-electron chi connectivity index (χ1n) is 8.55. The number of hydrogen-bond acceptors (Lipinski definition) is 8. The molecule has 0 atom stereocenters. The summed E-state index contributed by atoms with van der Waals surface area (Å²) in [5.74, 6) is -0.771. The van der Waals surface area contributed by atoms with Gasteiger partial charge in [0.05, 0.1) is 12.9 Å². The number of ether oxygens (including phenoxy) is 1. The van der Waals surface area contributed by atoms with Gasteiger partial charge in [-0.25, -0.2) is 13.2 Å². The zero-order valence-electron chi connectivity index (χ0n) is 16.1. The number of carbonyl (C=O) groups is 1. The van der Waals surface area contributed by atoms with Gasteiger partial charge in [-0.1, -0.05) is 0 Å². The predicted octanol–water partition coefficient (Wildman–Crippen LogP) is 0.389. The van der Waals surface area contributed by atoms with Crippen molar-refractivity contribution in [3.63, 3.8) is 0 Å². The third kappa shape index (κ3) is 5.69. The van der Waals surface area contributed by atoms with Crippen LogP contribution >= 0.6 is 11.3 Å². The highest BCUT2D eigenvalue weighted by molar-refractivity contribution is 7.92. The highest BCUT2D eigenvalue weighted by Crippen LogP contribution is 2.14. The molecule has 1 aromatic carbocycles. The molecular formula is C18H20N4O5S2. The van der Waals surface area contributed by atoms with Gasteiger partial charge in [0, 0.05) is 24.1 Å². The van der Waals surface area contributed by atoms with E-state index in [0.29, 0.717) is 15.9 Å². The highest BCUT2D eigenvalue weighted by Gasteiger charge is 2.16. The number of nitrogens with one attached hydrogen (secondary N) is 2. The van der Waals surface area contributed by atoms with E-state index < -0.39 is 16.0 Å². The molecule has 0 aliphatic carbocycles. The van der Waals surface area contributed by atoms with Crippen LogP contribution < -0.4 is 24.8 Å². The van der Waals surface area contributed by atoms with Crippen molar-refractivity contribution in [2.75, 3.05) is 22.9 Å². The number of nitriles is 1. The molecule has 0 bridgehead atoms. The second-order valence-electron chi connectivity index (χ2n) is 5.77. The van der Waals surface area contributed by atoms with Crippen LogP contribution in [0.5, 0.6) is 0 Å². The SMILES string of the molecule is CCOC(=O)/C(C#N)=c1/s/c(=C/Nc2ccc(NS(C)(=O)=O)cc2)c(=O)n1CC. The quantitative estimate of drug-likeness (QED) is 0.600. The summed E-state index contributed by atoms with van der Waals surface area (Å²) in [4.78, 5) is 24.6. The van der Waals surface area contributed by atoms with Crippen molar-refractivity contribution in [2.45, 2.75) is 20.4 Å². The Hall–Kier alpha value is -3.10. The Kier molecular flexibility index (Phi) is 7.19. The van der Waals surface area contributed by atoms with E-state index in [1.807, 2.05) is 6.07 Å². The lowest BCUT2D eigenvalue weighted by atomic mass is 10.3. The largest absolute Gasteiger partial charge is 0.462 e. The zero-order valence-corrected chi connectivity index (χ0v) is 17.7. The number of rotatable bonds is 7. The fraction of sp³-hybridized carbons (Fsp3) is 0.278. The minimum atomic E-state index is -3.36. The monoisotopic (exact) mass is 436 g/mol. The number of nitrogens with zero attached hydrogens (tertiary/aromatic N) is 2. The minimum absolute atomic E-state index is 0.121. The summed E-state index contributed by atoms with van der Waals surface area (Å²) >= 11 is 1.01. The van der Waals surface area contributed by atoms with Crippen LogP contribution in [0.1, 0.15) is 13.8 Å². The van der Waals surface area contributed by atoms with Crippen molar-refractivity contribution >= 4 is 50.5 Å². The fourth-order valence-corrected chi connectivity index (χ4v) is 4.02. The maximum atomic E-state index is 12.6. The van der Waals surface area contributed by atoms with Crippen LogP contribution in [0.2, 0.25) is 0 Å². The molecule has 2 rings (SSSR count). The van der Waals surface area contributed by atoms with Crippen molar-refractivity contribution < 1.29 is 17.9 Å². The van der Waals surface area contributed by atoms with Crippen molar-refractivity contribution in [1.29, 1.82) is 5.26 Å². The molecule has 0 fully saturated rings. The summed E-state index contributed by atoms with van der Waals surface area (Å²) in [5.41, 5.74) is 0.475. The molecule has 1 aromatic heterocycles. The topological polar surface area (TPSA) is 130 Å². The molecule has 0 aliphatic rings. The molecule has 0 saturated carbocycles. The van der Waals surface area contributed by atoms with Crippen LogP contribution in [0.15, 0.2) is 29.1 Å². The van der Waals surface area contributed by atoms with E-state index in [-0.39, 0.29) is 28.9 Å². The average Bonchev–Trinajstić information content (AvgIpc) is 2.96. The number of anilines is 2. The van der Waals surface area contributed by atoms with Crippen LogP contribution in [0.3, 0.4) is 0 Å². The molecule has 29 heavy (non-hydrogen) atoms. The van der Waals surface area contributed by atoms with Crippen LogP contribution in [0, 0.1) is 11.3 Å². The maximum Gasteiger partial charge on any atom is 0.351 e. The Bertz CT molecular complexity index is 1220. The molecule has 9 nitrogen and oxygen atoms in total. The molecule has 2 N–H and O–H groups in total. The lowest BCUT2D eigenvalue weighted by molar-refractivity contribution is -0.136. The first-order valence-corrected chi connectivity index (χ1v) is 11.3. The van der Waals surface area contributed by atoms with E-state index in [0.717, 1.165) is 17.6 Å². The van der Waals surface area contributed by atoms with Crippen molar-refractivity contribution in [2.24, 2.45) is 0 Å². The minimum Gasteiger partial charge on any atom is -0.462 e. The second-order valence-corrected chi connectivity index (χ2v) is 8.55. The fourth-order valence-electron chi connectivity index (χ4n) is 2.37. The van der Waals surface area contributed by atoms with Gasteiger partial charge in [-0.3, -0.25) is 14.1 Å². The summed E-state index contributed by atoms with van der Waals surface area (Å²) in [7, 11) is -3.36. The van der Waals surface area contributed by atoms with Crippen LogP contribution in [-0.2, 0) is 26.1 Å². The van der Waals surface area contributed by atoms with E-state index >= 15 is 0 Å². The summed E-state index contributed by atoms with van der Waals surface area (Å²) in [6.07, 6.45) is 2.53. The molecule has 0 spiro atoms. The van der Waals surface area contributed by atoms with Gasteiger partial charge in [0.25, 0.3) is 5.56 Å². The molecule has 11 heteroatoms. The first kappa shape index (κ1) is 22.2. The average molecular weight is 437 g/mol. The maximum absolute atomic E-state index is 12.6. The molecular weight excluding hydrogens is 416 g/mol. The first-order chi connectivity index (χ1) is 13.7. The molecule has 1 heterocycles. The summed E-state index contributed by atoms with van der Waals surface area (Å²) < 4.78 is 31.6. The van der Waals surface area contributed by atoms with Gasteiger partial charge in [0.2, 0.25) is 10.0 Å². The zero-order chi connectivity index (χ0) is 21.6. The standard InChI is InChI=1S/C18H20N4O5S2/c1-4-22-16(23)15(28-17(22)14(10-19)18(24)27-5-2)11-20-12-6-8-13(9-7-12)21-29(3,25)26/h6-9,11,20-21H,4-5H2,1-3H3/b15-11+,17-14+. The van der Waals surface area contributed by atoms with E-state index in [1.54, 1.807) is 38.1 Å². The smallest absolute Gasteiger partial charge is 0.351 e. The molecule has 0 unspecified atom stereocenters. The third-order valence-electron chi connectivity index (χ3n) is 3.59. The van der Waals surface area contributed by atoms with Gasteiger partial charge < -0.3 is 10.1 Å². The second kappa shape index (κ2) is 9.40. The lowest BCUT2D eigenvalue weighted by Crippen LogP contribution is -2.32. The number of carbonyl (C=O) groups excluding carboxylic acids is 1. The predicted molar refractivity (Wildman–Crippen MR) is 112 cm³/mol. The van der Waals surface area contributed by atoms with E-state index in [1.165, 1.54) is 10.8 Å². The summed E-state index contributed by atoms with van der Waals surface area (Å²) in [6, 6.07) is 8.25. The molecule has 0 saturated heterocycles. The Morgan fingerprint density at radius 1 is 1.28 bits per heavy atom. The van der Waals surface area contributed by atoms with Gasteiger partial charge in [-0.2, -0.15) is 5.26 Å².